The summed E-state index contributed by atoms with van der Waals surface area (Å²) in [5, 5.41) is 10.2. The van der Waals surface area contributed by atoms with Crippen molar-refractivity contribution >= 4 is 12.0 Å². The Kier molecular flexibility index (Phi) is 8.53. The highest BCUT2D eigenvalue weighted by atomic mass is 19.4. The van der Waals surface area contributed by atoms with Crippen LogP contribution in [0.1, 0.15) is 38.2 Å². The number of carbonyl (C=O) groups is 1. The highest BCUT2D eigenvalue weighted by Gasteiger charge is 2.39. The zero-order valence-corrected chi connectivity index (χ0v) is 21.5. The van der Waals surface area contributed by atoms with Gasteiger partial charge in [0.2, 0.25) is 0 Å². The summed E-state index contributed by atoms with van der Waals surface area (Å²) in [6.07, 6.45) is -2.71. The molecule has 1 amide bonds. The molecule has 4 rings (SSSR count). The molecule has 1 aliphatic heterocycles. The van der Waals surface area contributed by atoms with Crippen LogP contribution in [0.15, 0.2) is 67.0 Å². The molecule has 0 bridgehead atoms. The van der Waals surface area contributed by atoms with Crippen LogP contribution in [0.4, 0.5) is 26.3 Å². The molecule has 40 heavy (non-hydrogen) atoms. The maximum atomic E-state index is 13.5. The molecule has 5 nitrogen and oxygen atoms in total. The SMILES string of the molecule is Cc1ccc(CC2CN(CC=Cc3cccnc3)CCN2C(=O)c2cc(C(F)(F)F)cc(C(F)(F)F)c2)cc1O. The van der Waals surface area contributed by atoms with E-state index in [0.29, 0.717) is 42.9 Å². The number of aromatic nitrogens is 1. The van der Waals surface area contributed by atoms with Gasteiger partial charge in [-0.2, -0.15) is 26.3 Å². The van der Waals surface area contributed by atoms with E-state index in [1.54, 1.807) is 43.6 Å². The molecule has 1 saturated heterocycles. The summed E-state index contributed by atoms with van der Waals surface area (Å²) < 4.78 is 80.6. The lowest BCUT2D eigenvalue weighted by Gasteiger charge is -2.41. The van der Waals surface area contributed by atoms with Crippen LogP contribution < -0.4 is 0 Å². The predicted octanol–water partition coefficient (Wildman–Crippen LogP) is 6.22. The molecule has 212 valence electrons. The monoisotopic (exact) mass is 563 g/mol. The zero-order chi connectivity index (χ0) is 29.1. The standard InChI is InChI=1S/C29H27F6N3O2/c1-19-6-7-21(13-26(19)39)12-25-18-37(9-3-5-20-4-2-8-36-17-20)10-11-38(25)27(40)22-14-23(28(30,31)32)16-24(15-22)29(33,34)35/h2-8,13-17,25,39H,9-12,18H2,1H3. The van der Waals surface area contributed by atoms with Gasteiger partial charge in [0.05, 0.1) is 11.1 Å². The number of phenols is 1. The van der Waals surface area contributed by atoms with Gasteiger partial charge >= 0.3 is 12.4 Å². The lowest BCUT2D eigenvalue weighted by atomic mass is 9.98. The maximum absolute atomic E-state index is 13.5. The van der Waals surface area contributed by atoms with Gasteiger partial charge in [-0.05, 0) is 60.4 Å². The lowest BCUT2D eigenvalue weighted by molar-refractivity contribution is -0.143. The first-order valence-corrected chi connectivity index (χ1v) is 12.5. The van der Waals surface area contributed by atoms with Gasteiger partial charge < -0.3 is 10.0 Å². The average Bonchev–Trinajstić information content (AvgIpc) is 2.90. The fourth-order valence-corrected chi connectivity index (χ4v) is 4.64. The van der Waals surface area contributed by atoms with Gasteiger partial charge in [-0.25, -0.2) is 0 Å². The third-order valence-corrected chi connectivity index (χ3v) is 6.77. The van der Waals surface area contributed by atoms with Crippen LogP contribution in [0.25, 0.3) is 6.08 Å². The number of hydrogen-bond donors (Lipinski definition) is 1. The van der Waals surface area contributed by atoms with Crippen molar-refractivity contribution < 1.29 is 36.2 Å². The summed E-state index contributed by atoms with van der Waals surface area (Å²) >= 11 is 0. The van der Waals surface area contributed by atoms with Gasteiger partial charge in [-0.1, -0.05) is 30.4 Å². The van der Waals surface area contributed by atoms with Crippen LogP contribution in [-0.2, 0) is 18.8 Å². The molecule has 1 aliphatic rings. The number of phenolic OH excluding ortho intramolecular Hbond substituents is 1. The minimum atomic E-state index is -5.06. The summed E-state index contributed by atoms with van der Waals surface area (Å²) in [7, 11) is 0. The summed E-state index contributed by atoms with van der Waals surface area (Å²) in [6.45, 7) is 3.01. The van der Waals surface area contributed by atoms with E-state index in [-0.39, 0.29) is 24.8 Å². The molecule has 1 aromatic heterocycles. The molecule has 1 fully saturated rings. The molecule has 11 heteroatoms. The van der Waals surface area contributed by atoms with E-state index in [1.807, 2.05) is 23.1 Å². The van der Waals surface area contributed by atoms with Gasteiger partial charge in [0.1, 0.15) is 5.75 Å². The number of piperazine rings is 1. The quantitative estimate of drug-likeness (QED) is 0.362. The molecular formula is C29H27F6N3O2. The number of aryl methyl sites for hydroxylation is 1. The summed E-state index contributed by atoms with van der Waals surface area (Å²) in [4.78, 5) is 20.9. The minimum Gasteiger partial charge on any atom is -0.508 e. The Balaban J connectivity index is 1.62. The predicted molar refractivity (Wildman–Crippen MR) is 138 cm³/mol. The van der Waals surface area contributed by atoms with Crippen LogP contribution in [-0.4, -0.2) is 58.0 Å². The summed E-state index contributed by atoms with van der Waals surface area (Å²) in [6, 6.07) is 9.08. The molecule has 0 aliphatic carbocycles. The average molecular weight is 564 g/mol. The normalized spacial score (nSPS) is 17.0. The lowest BCUT2D eigenvalue weighted by Crippen LogP contribution is -2.56. The van der Waals surface area contributed by atoms with Crippen LogP contribution in [0.2, 0.25) is 0 Å². The Morgan fingerprint density at radius 2 is 1.73 bits per heavy atom. The molecule has 0 radical (unpaired) electrons. The number of halogens is 6. The Morgan fingerprint density at radius 1 is 1.02 bits per heavy atom. The zero-order valence-electron chi connectivity index (χ0n) is 21.5. The van der Waals surface area contributed by atoms with Crippen molar-refractivity contribution in [1.29, 1.82) is 0 Å². The van der Waals surface area contributed by atoms with Crippen molar-refractivity contribution in [2.45, 2.75) is 31.7 Å². The van der Waals surface area contributed by atoms with Gasteiger partial charge in [-0.3, -0.25) is 14.7 Å². The molecule has 2 aromatic carbocycles. The van der Waals surface area contributed by atoms with Crippen molar-refractivity contribution in [3.63, 3.8) is 0 Å². The third kappa shape index (κ3) is 7.20. The largest absolute Gasteiger partial charge is 0.508 e. The van der Waals surface area contributed by atoms with E-state index in [4.69, 9.17) is 0 Å². The third-order valence-electron chi connectivity index (χ3n) is 6.77. The van der Waals surface area contributed by atoms with E-state index in [1.165, 1.54) is 4.90 Å². The van der Waals surface area contributed by atoms with Crippen molar-refractivity contribution in [3.8, 4) is 5.75 Å². The number of hydrogen-bond acceptors (Lipinski definition) is 4. The van der Waals surface area contributed by atoms with E-state index < -0.39 is 41.0 Å². The molecule has 1 unspecified atom stereocenters. The summed E-state index contributed by atoms with van der Waals surface area (Å²) in [5.41, 5.74) is -1.53. The number of nitrogens with zero attached hydrogens (tertiary/aromatic N) is 3. The van der Waals surface area contributed by atoms with E-state index in [9.17, 15) is 36.2 Å². The Bertz CT molecular complexity index is 1340. The first-order chi connectivity index (χ1) is 18.8. The molecular weight excluding hydrogens is 536 g/mol. The molecule has 1 atom stereocenters. The molecule has 0 saturated carbocycles. The Labute approximate surface area is 227 Å². The second-order valence-corrected chi connectivity index (χ2v) is 9.72. The first-order valence-electron chi connectivity index (χ1n) is 12.5. The topological polar surface area (TPSA) is 56.7 Å². The second-order valence-electron chi connectivity index (χ2n) is 9.72. The van der Waals surface area contributed by atoms with Gasteiger partial charge in [-0.15, -0.1) is 0 Å². The molecule has 2 heterocycles. The minimum absolute atomic E-state index is 0.00979. The van der Waals surface area contributed by atoms with Gasteiger partial charge in [0.15, 0.2) is 0 Å². The smallest absolute Gasteiger partial charge is 0.416 e. The number of rotatable bonds is 6. The fourth-order valence-electron chi connectivity index (χ4n) is 4.64. The summed E-state index contributed by atoms with van der Waals surface area (Å²) in [5.74, 6) is -0.862. The second kappa shape index (κ2) is 11.7. The van der Waals surface area contributed by atoms with Crippen LogP contribution in [0, 0.1) is 6.92 Å². The highest BCUT2D eigenvalue weighted by Crippen LogP contribution is 2.37. The van der Waals surface area contributed by atoms with Crippen LogP contribution >= 0.6 is 0 Å². The van der Waals surface area contributed by atoms with Crippen molar-refractivity contribution in [3.05, 3.63) is 100 Å². The van der Waals surface area contributed by atoms with Crippen molar-refractivity contribution in [2.24, 2.45) is 0 Å². The first kappa shape index (κ1) is 29.1. The number of carbonyl (C=O) groups excluding carboxylic acids is 1. The van der Waals surface area contributed by atoms with Gasteiger partial charge in [0, 0.05) is 50.2 Å². The Morgan fingerprint density at radius 3 is 2.33 bits per heavy atom. The van der Waals surface area contributed by atoms with Crippen molar-refractivity contribution in [1.82, 2.24) is 14.8 Å². The van der Waals surface area contributed by atoms with E-state index >= 15 is 0 Å². The number of pyridine rings is 1. The van der Waals surface area contributed by atoms with Gasteiger partial charge in [0.25, 0.3) is 5.91 Å². The van der Waals surface area contributed by atoms with E-state index in [2.05, 4.69) is 4.98 Å². The number of benzene rings is 2. The van der Waals surface area contributed by atoms with Crippen LogP contribution in [0.3, 0.4) is 0 Å². The van der Waals surface area contributed by atoms with E-state index in [0.717, 1.165) is 5.56 Å². The molecule has 3 aromatic rings. The number of alkyl halides is 6. The number of aromatic hydroxyl groups is 1. The maximum Gasteiger partial charge on any atom is 0.416 e. The van der Waals surface area contributed by atoms with Crippen LogP contribution in [0.5, 0.6) is 5.75 Å². The van der Waals surface area contributed by atoms with Crippen molar-refractivity contribution in [2.75, 3.05) is 26.2 Å². The fraction of sp³-hybridized carbons (Fsp3) is 0.310. The molecule has 0 spiro atoms. The highest BCUT2D eigenvalue weighted by molar-refractivity contribution is 5.95. The number of amides is 1. The Hall–Kier alpha value is -3.86. The molecule has 1 N–H and O–H groups in total.